The molecular formula is C14H16N2O2. The smallest absolute Gasteiger partial charge is 0.211 e. The molecule has 0 atom stereocenters. The van der Waals surface area contributed by atoms with Crippen LogP contribution in [0.3, 0.4) is 0 Å². The fourth-order valence-corrected chi connectivity index (χ4v) is 1.83. The first kappa shape index (κ1) is 12.4. The van der Waals surface area contributed by atoms with Crippen LogP contribution in [0.25, 0.3) is 0 Å². The molecule has 0 bridgehead atoms. The summed E-state index contributed by atoms with van der Waals surface area (Å²) in [5, 5.41) is 4.16. The molecule has 0 aliphatic carbocycles. The van der Waals surface area contributed by atoms with Crippen LogP contribution in [0.15, 0.2) is 36.5 Å². The number of ketones is 1. The lowest BCUT2D eigenvalue weighted by atomic mass is 10.1. The Morgan fingerprint density at radius 1 is 1.39 bits per heavy atom. The minimum Gasteiger partial charge on any atom is -0.497 e. The van der Waals surface area contributed by atoms with Gasteiger partial charge >= 0.3 is 0 Å². The summed E-state index contributed by atoms with van der Waals surface area (Å²) >= 11 is 0. The zero-order valence-electron chi connectivity index (χ0n) is 10.6. The van der Waals surface area contributed by atoms with E-state index in [9.17, 15) is 4.79 Å². The first-order valence-corrected chi connectivity index (χ1v) is 5.97. The highest BCUT2D eigenvalue weighted by Crippen LogP contribution is 2.16. The highest BCUT2D eigenvalue weighted by Gasteiger charge is 2.14. The molecule has 0 amide bonds. The lowest BCUT2D eigenvalue weighted by molar-refractivity contribution is 0.102. The van der Waals surface area contributed by atoms with Crippen molar-refractivity contribution in [1.82, 2.24) is 9.78 Å². The molecule has 0 N–H and O–H groups in total. The van der Waals surface area contributed by atoms with E-state index >= 15 is 0 Å². The van der Waals surface area contributed by atoms with Gasteiger partial charge in [-0.25, -0.2) is 0 Å². The van der Waals surface area contributed by atoms with Crippen molar-refractivity contribution in [2.45, 2.75) is 19.9 Å². The molecule has 94 valence electrons. The largest absolute Gasteiger partial charge is 0.497 e. The fraction of sp³-hybridized carbons (Fsp3) is 0.286. The summed E-state index contributed by atoms with van der Waals surface area (Å²) in [6.45, 7) is 2.81. The molecule has 0 aliphatic rings. The van der Waals surface area contributed by atoms with Gasteiger partial charge in [-0.15, -0.1) is 0 Å². The highest BCUT2D eigenvalue weighted by atomic mass is 16.5. The summed E-state index contributed by atoms with van der Waals surface area (Å²) in [5.41, 5.74) is 1.23. The van der Waals surface area contributed by atoms with E-state index in [1.54, 1.807) is 36.2 Å². The molecule has 0 saturated carbocycles. The molecule has 1 aromatic heterocycles. The third-order valence-electron chi connectivity index (χ3n) is 2.72. The second kappa shape index (κ2) is 5.49. The Labute approximate surface area is 106 Å². The van der Waals surface area contributed by atoms with E-state index in [4.69, 9.17) is 4.74 Å². The van der Waals surface area contributed by atoms with Crippen molar-refractivity contribution in [2.75, 3.05) is 7.11 Å². The van der Waals surface area contributed by atoms with Crippen LogP contribution in [0.5, 0.6) is 5.75 Å². The molecule has 2 aromatic rings. The van der Waals surface area contributed by atoms with Gasteiger partial charge in [0.05, 0.1) is 7.11 Å². The van der Waals surface area contributed by atoms with Gasteiger partial charge in [-0.1, -0.05) is 19.1 Å². The molecule has 0 unspecified atom stereocenters. The number of hydrogen-bond acceptors (Lipinski definition) is 3. The maximum Gasteiger partial charge on any atom is 0.211 e. The average Bonchev–Trinajstić information content (AvgIpc) is 2.86. The van der Waals surface area contributed by atoms with Crippen molar-refractivity contribution >= 4 is 5.78 Å². The van der Waals surface area contributed by atoms with Gasteiger partial charge in [-0.2, -0.15) is 5.10 Å². The van der Waals surface area contributed by atoms with Gasteiger partial charge in [0.2, 0.25) is 5.78 Å². The van der Waals surface area contributed by atoms with Crippen LogP contribution >= 0.6 is 0 Å². The predicted molar refractivity (Wildman–Crippen MR) is 68.9 cm³/mol. The third-order valence-corrected chi connectivity index (χ3v) is 2.72. The molecule has 0 aliphatic heterocycles. The van der Waals surface area contributed by atoms with Gasteiger partial charge in [0.15, 0.2) is 0 Å². The van der Waals surface area contributed by atoms with E-state index in [1.807, 2.05) is 12.1 Å². The Morgan fingerprint density at radius 3 is 2.94 bits per heavy atom. The number of benzene rings is 1. The number of hydrogen-bond donors (Lipinski definition) is 0. The van der Waals surface area contributed by atoms with Gasteiger partial charge in [0, 0.05) is 18.3 Å². The Morgan fingerprint density at radius 2 is 2.22 bits per heavy atom. The van der Waals surface area contributed by atoms with E-state index < -0.39 is 0 Å². The van der Waals surface area contributed by atoms with E-state index in [0.29, 0.717) is 17.0 Å². The van der Waals surface area contributed by atoms with Crippen LogP contribution in [-0.2, 0) is 6.54 Å². The Hall–Kier alpha value is -2.10. The maximum absolute atomic E-state index is 12.4. The van der Waals surface area contributed by atoms with Gasteiger partial charge in [0.25, 0.3) is 0 Å². The number of carbonyl (C=O) groups excluding carboxylic acids is 1. The van der Waals surface area contributed by atoms with Crippen molar-refractivity contribution in [3.8, 4) is 5.75 Å². The monoisotopic (exact) mass is 244 g/mol. The quantitative estimate of drug-likeness (QED) is 0.759. The van der Waals surface area contributed by atoms with Crippen LogP contribution in [0.2, 0.25) is 0 Å². The van der Waals surface area contributed by atoms with Crippen LogP contribution in [0.1, 0.15) is 29.4 Å². The normalized spacial score (nSPS) is 10.3. The molecule has 0 fully saturated rings. The Kier molecular flexibility index (Phi) is 3.77. The molecule has 0 saturated heterocycles. The van der Waals surface area contributed by atoms with Crippen molar-refractivity contribution in [3.63, 3.8) is 0 Å². The van der Waals surface area contributed by atoms with Gasteiger partial charge in [0.1, 0.15) is 11.4 Å². The summed E-state index contributed by atoms with van der Waals surface area (Å²) in [5.74, 6) is 0.655. The first-order valence-electron chi connectivity index (χ1n) is 5.97. The molecule has 18 heavy (non-hydrogen) atoms. The predicted octanol–water partition coefficient (Wildman–Crippen LogP) is 2.53. The van der Waals surface area contributed by atoms with Crippen LogP contribution < -0.4 is 4.74 Å². The van der Waals surface area contributed by atoms with E-state index in [2.05, 4.69) is 12.0 Å². The molecule has 2 rings (SSSR count). The summed E-state index contributed by atoms with van der Waals surface area (Å²) < 4.78 is 6.86. The zero-order valence-corrected chi connectivity index (χ0v) is 10.6. The summed E-state index contributed by atoms with van der Waals surface area (Å²) in [6.07, 6.45) is 2.60. The maximum atomic E-state index is 12.4. The van der Waals surface area contributed by atoms with E-state index in [0.717, 1.165) is 13.0 Å². The Balaban J connectivity index is 2.32. The zero-order chi connectivity index (χ0) is 13.0. The van der Waals surface area contributed by atoms with Crippen molar-refractivity contribution < 1.29 is 9.53 Å². The van der Waals surface area contributed by atoms with Crippen LogP contribution in [-0.4, -0.2) is 22.7 Å². The molecule has 4 nitrogen and oxygen atoms in total. The molecule has 0 radical (unpaired) electrons. The fourth-order valence-electron chi connectivity index (χ4n) is 1.83. The van der Waals surface area contributed by atoms with Gasteiger partial charge < -0.3 is 4.74 Å². The second-order valence-corrected chi connectivity index (χ2v) is 4.00. The number of aryl methyl sites for hydroxylation is 1. The number of rotatable bonds is 5. The number of carbonyl (C=O) groups is 1. The Bertz CT molecular complexity index is 546. The number of aromatic nitrogens is 2. The first-order chi connectivity index (χ1) is 8.76. The standard InChI is InChI=1S/C14H16N2O2/c1-3-9-16-13(7-8-15-16)14(17)11-5-4-6-12(10-11)18-2/h4-8,10H,3,9H2,1-2H3. The third kappa shape index (κ3) is 2.42. The highest BCUT2D eigenvalue weighted by molar-refractivity contribution is 6.08. The number of methoxy groups -OCH3 is 1. The SMILES string of the molecule is CCCn1nccc1C(=O)c1cccc(OC)c1. The van der Waals surface area contributed by atoms with Gasteiger partial charge in [-0.3, -0.25) is 9.48 Å². The summed E-state index contributed by atoms with van der Waals surface area (Å²) in [4.78, 5) is 12.4. The molecular weight excluding hydrogens is 228 g/mol. The summed E-state index contributed by atoms with van der Waals surface area (Å²) in [7, 11) is 1.59. The number of nitrogens with zero attached hydrogens (tertiary/aromatic N) is 2. The van der Waals surface area contributed by atoms with Crippen molar-refractivity contribution in [3.05, 3.63) is 47.8 Å². The van der Waals surface area contributed by atoms with Crippen molar-refractivity contribution in [2.24, 2.45) is 0 Å². The average molecular weight is 244 g/mol. The lowest BCUT2D eigenvalue weighted by Gasteiger charge is -2.06. The van der Waals surface area contributed by atoms with Gasteiger partial charge in [-0.05, 0) is 24.6 Å². The molecule has 4 heteroatoms. The summed E-state index contributed by atoms with van der Waals surface area (Å²) in [6, 6.07) is 8.91. The lowest BCUT2D eigenvalue weighted by Crippen LogP contribution is -2.11. The number of ether oxygens (including phenoxy) is 1. The molecule has 1 heterocycles. The molecule has 0 spiro atoms. The minimum atomic E-state index is -0.0279. The topological polar surface area (TPSA) is 44.1 Å². The second-order valence-electron chi connectivity index (χ2n) is 4.00. The van der Waals surface area contributed by atoms with E-state index in [1.165, 1.54) is 0 Å². The van der Waals surface area contributed by atoms with E-state index in [-0.39, 0.29) is 5.78 Å². The van der Waals surface area contributed by atoms with Crippen LogP contribution in [0.4, 0.5) is 0 Å². The van der Waals surface area contributed by atoms with Crippen molar-refractivity contribution in [1.29, 1.82) is 0 Å². The van der Waals surface area contributed by atoms with Crippen LogP contribution in [0, 0.1) is 0 Å². The minimum absolute atomic E-state index is 0.0279. The molecule has 1 aromatic carbocycles.